The number of hydrogen-bond donors (Lipinski definition) is 0. The molecule has 0 aliphatic heterocycles. The lowest BCUT2D eigenvalue weighted by Crippen LogP contribution is -2.74. The van der Waals surface area contributed by atoms with Crippen LogP contribution in [0.3, 0.4) is 0 Å². The summed E-state index contributed by atoms with van der Waals surface area (Å²) in [5.41, 5.74) is 4.09. The van der Waals surface area contributed by atoms with Gasteiger partial charge in [0.25, 0.3) is 0 Å². The van der Waals surface area contributed by atoms with Gasteiger partial charge in [0.1, 0.15) is 11.2 Å². The Kier molecular flexibility index (Phi) is 7.17. The van der Waals surface area contributed by atoms with Crippen molar-refractivity contribution in [3.8, 4) is 34.2 Å². The second-order valence-electron chi connectivity index (χ2n) is 12.3. The number of fused-ring (bicyclic) bond motifs is 3. The van der Waals surface area contributed by atoms with E-state index in [1.165, 1.54) is 20.7 Å². The summed E-state index contributed by atoms with van der Waals surface area (Å²) in [5, 5.41) is 6.98. The first-order valence-electron chi connectivity index (χ1n) is 17.2. The zero-order valence-electron chi connectivity index (χ0n) is 28.1. The van der Waals surface area contributed by atoms with E-state index < -0.39 is 8.07 Å². The molecule has 50 heavy (non-hydrogen) atoms. The van der Waals surface area contributed by atoms with Gasteiger partial charge in [0.2, 0.25) is 0 Å². The van der Waals surface area contributed by atoms with Crippen LogP contribution in [0.2, 0.25) is 0 Å². The molecule has 0 amide bonds. The van der Waals surface area contributed by atoms with Gasteiger partial charge in [-0.1, -0.05) is 176 Å². The lowest BCUT2D eigenvalue weighted by atomic mass is 10.1. The molecule has 9 aromatic rings. The van der Waals surface area contributed by atoms with Gasteiger partial charge < -0.3 is 4.42 Å². The third kappa shape index (κ3) is 5.03. The van der Waals surface area contributed by atoms with Crippen molar-refractivity contribution in [2.45, 2.75) is 0 Å². The summed E-state index contributed by atoms with van der Waals surface area (Å²) in [5.74, 6) is 1.73. The van der Waals surface area contributed by atoms with Crippen LogP contribution < -0.4 is 20.7 Å². The lowest BCUT2D eigenvalue weighted by molar-refractivity contribution is 0.669. The number of furan rings is 1. The van der Waals surface area contributed by atoms with Crippen LogP contribution >= 0.6 is 0 Å². The predicted octanol–water partition coefficient (Wildman–Crippen LogP) is 8.15. The first kappa shape index (κ1) is 28.6. The van der Waals surface area contributed by atoms with Crippen molar-refractivity contribution in [2.75, 3.05) is 0 Å². The molecular weight excluding hydrogens is 627 g/mol. The summed E-state index contributed by atoms with van der Waals surface area (Å²) in [6.07, 6.45) is 0. The Labute approximate surface area is 292 Å². The highest BCUT2D eigenvalue weighted by Gasteiger charge is 2.41. The van der Waals surface area contributed by atoms with E-state index in [1.807, 2.05) is 60.7 Å². The Morgan fingerprint density at radius 3 is 1.46 bits per heavy atom. The normalized spacial score (nSPS) is 11.9. The maximum atomic E-state index is 8.30. The minimum atomic E-state index is -2.68. The van der Waals surface area contributed by atoms with Crippen molar-refractivity contribution in [2.24, 2.45) is 0 Å². The van der Waals surface area contributed by atoms with Crippen LogP contribution in [0.1, 0.15) is 1.37 Å². The monoisotopic (exact) mass is 658 g/mol. The molecular formula is C45H31N3OSi. The molecule has 0 saturated heterocycles. The maximum Gasteiger partial charge on any atom is 0.179 e. The first-order chi connectivity index (χ1) is 25.2. The van der Waals surface area contributed by atoms with Crippen molar-refractivity contribution >= 4 is 50.8 Å². The third-order valence-electron chi connectivity index (χ3n) is 9.44. The number of rotatable bonds is 7. The van der Waals surface area contributed by atoms with E-state index in [0.717, 1.165) is 38.6 Å². The third-order valence-corrected chi connectivity index (χ3v) is 14.2. The molecule has 0 radical (unpaired) electrons. The predicted molar refractivity (Wildman–Crippen MR) is 207 cm³/mol. The molecule has 0 fully saturated rings. The molecule has 4 nitrogen and oxygen atoms in total. The minimum Gasteiger partial charge on any atom is -0.456 e. The van der Waals surface area contributed by atoms with Gasteiger partial charge in [0.05, 0.1) is 1.37 Å². The Morgan fingerprint density at radius 1 is 0.400 bits per heavy atom. The molecule has 0 atom stereocenters. The van der Waals surface area contributed by atoms with Crippen molar-refractivity contribution < 1.29 is 5.79 Å². The van der Waals surface area contributed by atoms with E-state index in [1.54, 1.807) is 6.07 Å². The van der Waals surface area contributed by atoms with Gasteiger partial charge in [0.15, 0.2) is 25.5 Å². The maximum absolute atomic E-state index is 8.30. The van der Waals surface area contributed by atoms with E-state index in [9.17, 15) is 0 Å². The van der Waals surface area contributed by atoms with Crippen LogP contribution in [0.25, 0.3) is 56.1 Å². The van der Waals surface area contributed by atoms with Crippen molar-refractivity contribution in [3.63, 3.8) is 0 Å². The number of hydrogen-bond acceptors (Lipinski definition) is 4. The first-order valence-corrected chi connectivity index (χ1v) is 18.7. The van der Waals surface area contributed by atoms with Gasteiger partial charge in [0, 0.05) is 27.5 Å². The smallest absolute Gasteiger partial charge is 0.179 e. The number of aromatic nitrogens is 3. The highest BCUT2D eigenvalue weighted by molar-refractivity contribution is 7.19. The van der Waals surface area contributed by atoms with Crippen LogP contribution in [0.15, 0.2) is 192 Å². The van der Waals surface area contributed by atoms with Gasteiger partial charge in [-0.05, 0) is 32.9 Å². The van der Waals surface area contributed by atoms with Crippen molar-refractivity contribution in [1.82, 2.24) is 15.0 Å². The molecule has 0 saturated carbocycles. The standard InChI is InChI=1S/C45H31N3OSi/c1-5-16-32(17-6-1)43-46-44(48-45(47-43)39-25-15-27-41-42(39)38-24-13-14-26-40(38)49-41)33-28-30-37(31-29-33)50(34-18-7-2-8-19-34,35-20-9-3-10-21-35)36-22-11-4-12-23-36/h1-31H/i13D. The summed E-state index contributed by atoms with van der Waals surface area (Å²) >= 11 is 0. The van der Waals surface area contributed by atoms with Gasteiger partial charge in [-0.2, -0.15) is 0 Å². The van der Waals surface area contributed by atoms with Crippen molar-refractivity contribution in [1.29, 1.82) is 0 Å². The van der Waals surface area contributed by atoms with Crippen LogP contribution in [-0.4, -0.2) is 23.0 Å². The zero-order valence-corrected chi connectivity index (χ0v) is 28.1. The molecule has 7 aromatic carbocycles. The summed E-state index contributed by atoms with van der Waals surface area (Å²) in [6, 6.07) is 63.4. The quantitative estimate of drug-likeness (QED) is 0.128. The Balaban J connectivity index is 1.25. The molecule has 2 heterocycles. The van der Waals surface area contributed by atoms with E-state index in [0.29, 0.717) is 23.5 Å². The minimum absolute atomic E-state index is 0.419. The Bertz CT molecular complexity index is 2530. The molecule has 0 aliphatic carbocycles. The van der Waals surface area contributed by atoms with Gasteiger partial charge in [-0.25, -0.2) is 15.0 Å². The fraction of sp³-hybridized carbons (Fsp3) is 0. The summed E-state index contributed by atoms with van der Waals surface area (Å²) < 4.78 is 14.5. The summed E-state index contributed by atoms with van der Waals surface area (Å²) in [7, 11) is -2.68. The molecule has 5 heteroatoms. The lowest BCUT2D eigenvalue weighted by Gasteiger charge is -2.34. The Hall–Kier alpha value is -6.43. The van der Waals surface area contributed by atoms with E-state index in [4.69, 9.17) is 20.7 Å². The second kappa shape index (κ2) is 12.5. The molecule has 0 N–H and O–H groups in total. The average molecular weight is 659 g/mol. The number of benzene rings is 7. The molecule has 0 spiro atoms. The Morgan fingerprint density at radius 2 is 0.880 bits per heavy atom. The molecule has 0 aliphatic rings. The van der Waals surface area contributed by atoms with Crippen LogP contribution in [0.5, 0.6) is 0 Å². The topological polar surface area (TPSA) is 51.8 Å². The fourth-order valence-corrected chi connectivity index (χ4v) is 11.9. The summed E-state index contributed by atoms with van der Waals surface area (Å²) in [4.78, 5) is 15.2. The SMILES string of the molecule is [2H]c1ccc2oc3cccc(-c4nc(-c5ccccc5)nc(-c5ccc([Si](c6ccccc6)(c6ccccc6)c6ccccc6)cc5)n4)c3c2c1. The molecule has 236 valence electrons. The largest absolute Gasteiger partial charge is 0.456 e. The highest BCUT2D eigenvalue weighted by Crippen LogP contribution is 2.36. The van der Waals surface area contributed by atoms with E-state index >= 15 is 0 Å². The van der Waals surface area contributed by atoms with Crippen LogP contribution in [0.4, 0.5) is 0 Å². The second-order valence-corrected chi connectivity index (χ2v) is 16.1. The van der Waals surface area contributed by atoms with Gasteiger partial charge >= 0.3 is 0 Å². The fourth-order valence-electron chi connectivity index (χ4n) is 7.17. The highest BCUT2D eigenvalue weighted by atomic mass is 28.3. The molecule has 9 rings (SSSR count). The zero-order chi connectivity index (χ0) is 34.2. The van der Waals surface area contributed by atoms with Crippen LogP contribution in [0, 0.1) is 0 Å². The van der Waals surface area contributed by atoms with Gasteiger partial charge in [-0.15, -0.1) is 0 Å². The molecule has 2 aromatic heterocycles. The average Bonchev–Trinajstić information content (AvgIpc) is 3.58. The van der Waals surface area contributed by atoms with E-state index in [2.05, 4.69) is 115 Å². The van der Waals surface area contributed by atoms with Crippen molar-refractivity contribution in [3.05, 3.63) is 188 Å². The van der Waals surface area contributed by atoms with Crippen LogP contribution in [-0.2, 0) is 0 Å². The van der Waals surface area contributed by atoms with Gasteiger partial charge in [-0.3, -0.25) is 0 Å². The molecule has 0 bridgehead atoms. The molecule has 0 unspecified atom stereocenters. The van der Waals surface area contributed by atoms with E-state index in [-0.39, 0.29) is 0 Å². The number of nitrogens with zero attached hydrogens (tertiary/aromatic N) is 3. The summed E-state index contributed by atoms with van der Waals surface area (Å²) in [6.45, 7) is 0. The number of para-hydroxylation sites is 1.